The molecule has 5 N–H and O–H groups in total. The Balaban J connectivity index is 2.14. The average molecular weight is 272 g/mol. The zero-order valence-electron chi connectivity index (χ0n) is 11.0. The minimum Gasteiger partial charge on any atom is -0.409 e. The van der Waals surface area contributed by atoms with Crippen LogP contribution in [0, 0.1) is 0 Å². The van der Waals surface area contributed by atoms with E-state index in [1.807, 2.05) is 42.5 Å². The second-order valence-corrected chi connectivity index (χ2v) is 4.37. The molecule has 2 rings (SSSR count). The molecule has 2 aromatic rings. The lowest BCUT2D eigenvalue weighted by Crippen LogP contribution is -2.44. The van der Waals surface area contributed by atoms with Crippen LogP contribution in [-0.4, -0.2) is 23.1 Å². The molecule has 0 saturated carbocycles. The Kier molecular flexibility index (Phi) is 4.05. The second-order valence-electron chi connectivity index (χ2n) is 4.37. The number of carbonyl (C=O) groups is 1. The third kappa shape index (κ3) is 2.97. The molecule has 6 heteroatoms. The lowest BCUT2D eigenvalue weighted by molar-refractivity contribution is 0.251. The summed E-state index contributed by atoms with van der Waals surface area (Å²) in [7, 11) is 0. The summed E-state index contributed by atoms with van der Waals surface area (Å²) >= 11 is 0. The fourth-order valence-corrected chi connectivity index (χ4v) is 1.85. The van der Waals surface area contributed by atoms with Crippen LogP contribution in [0.15, 0.2) is 47.6 Å². The van der Waals surface area contributed by atoms with E-state index in [9.17, 15) is 4.79 Å². The Hall–Kier alpha value is -2.76. The zero-order chi connectivity index (χ0) is 14.5. The number of anilines is 1. The van der Waals surface area contributed by atoms with Gasteiger partial charge in [-0.3, -0.25) is 0 Å². The van der Waals surface area contributed by atoms with Crippen LogP contribution in [0.25, 0.3) is 10.8 Å². The van der Waals surface area contributed by atoms with Gasteiger partial charge in [0.05, 0.1) is 11.7 Å². The van der Waals surface area contributed by atoms with Gasteiger partial charge in [-0.25, -0.2) is 4.79 Å². The molecule has 1 atom stereocenters. The van der Waals surface area contributed by atoms with Gasteiger partial charge in [0.1, 0.15) is 0 Å². The van der Waals surface area contributed by atoms with E-state index in [0.717, 1.165) is 10.8 Å². The van der Waals surface area contributed by atoms with Crippen molar-refractivity contribution >= 4 is 28.3 Å². The molecule has 0 aromatic heterocycles. The van der Waals surface area contributed by atoms with E-state index in [4.69, 9.17) is 10.9 Å². The predicted octanol–water partition coefficient (Wildman–Crippen LogP) is 2.10. The van der Waals surface area contributed by atoms with E-state index in [2.05, 4.69) is 15.8 Å². The predicted molar refractivity (Wildman–Crippen MR) is 79.0 cm³/mol. The molecule has 0 bridgehead atoms. The Morgan fingerprint density at radius 2 is 1.95 bits per heavy atom. The average Bonchev–Trinajstić information content (AvgIpc) is 2.46. The Morgan fingerprint density at radius 1 is 1.25 bits per heavy atom. The molecule has 0 aliphatic carbocycles. The number of hydrogen-bond acceptors (Lipinski definition) is 3. The maximum Gasteiger partial charge on any atom is 0.319 e. The van der Waals surface area contributed by atoms with Gasteiger partial charge < -0.3 is 21.6 Å². The van der Waals surface area contributed by atoms with Gasteiger partial charge in [-0.1, -0.05) is 41.6 Å². The first-order chi connectivity index (χ1) is 9.61. The quantitative estimate of drug-likeness (QED) is 0.298. The van der Waals surface area contributed by atoms with Gasteiger partial charge in [-0.2, -0.15) is 0 Å². The number of benzene rings is 2. The molecule has 0 spiro atoms. The molecule has 6 nitrogen and oxygen atoms in total. The van der Waals surface area contributed by atoms with Crippen LogP contribution in [0.2, 0.25) is 0 Å². The molecule has 0 saturated heterocycles. The first-order valence-electron chi connectivity index (χ1n) is 6.14. The van der Waals surface area contributed by atoms with Gasteiger partial charge in [0.2, 0.25) is 0 Å². The highest BCUT2D eigenvalue weighted by molar-refractivity contribution is 6.02. The molecule has 0 radical (unpaired) electrons. The summed E-state index contributed by atoms with van der Waals surface area (Å²) in [4.78, 5) is 11.9. The maximum absolute atomic E-state index is 11.9. The standard InChI is InChI=1S/C14H16N4O2/c1-9(13(15)18-20)16-14(19)17-12-8-4-6-10-5-2-3-7-11(10)12/h2-9,20H,1H3,(H2,15,18)(H2,16,17,19). The van der Waals surface area contributed by atoms with Gasteiger partial charge in [0, 0.05) is 5.39 Å². The van der Waals surface area contributed by atoms with E-state index >= 15 is 0 Å². The number of nitrogens with zero attached hydrogens (tertiary/aromatic N) is 1. The first kappa shape index (κ1) is 13.7. The summed E-state index contributed by atoms with van der Waals surface area (Å²) in [6, 6.07) is 12.4. The first-order valence-corrected chi connectivity index (χ1v) is 6.14. The molecule has 2 amide bonds. The third-order valence-corrected chi connectivity index (χ3v) is 2.94. The number of oxime groups is 1. The van der Waals surface area contributed by atoms with Crippen LogP contribution < -0.4 is 16.4 Å². The van der Waals surface area contributed by atoms with Gasteiger partial charge in [0.25, 0.3) is 0 Å². The fourth-order valence-electron chi connectivity index (χ4n) is 1.85. The van der Waals surface area contributed by atoms with E-state index < -0.39 is 12.1 Å². The minimum absolute atomic E-state index is 0.0573. The van der Waals surface area contributed by atoms with E-state index in [1.165, 1.54) is 0 Å². The summed E-state index contributed by atoms with van der Waals surface area (Å²) in [5.41, 5.74) is 6.11. The van der Waals surface area contributed by atoms with Gasteiger partial charge in [-0.15, -0.1) is 0 Å². The number of nitrogens with two attached hydrogens (primary N) is 1. The second kappa shape index (κ2) is 5.92. The van der Waals surface area contributed by atoms with Crippen molar-refractivity contribution in [1.82, 2.24) is 5.32 Å². The van der Waals surface area contributed by atoms with Crippen LogP contribution in [0.5, 0.6) is 0 Å². The van der Waals surface area contributed by atoms with Crippen molar-refractivity contribution in [3.05, 3.63) is 42.5 Å². The van der Waals surface area contributed by atoms with E-state index in [0.29, 0.717) is 5.69 Å². The number of rotatable bonds is 3. The molecule has 104 valence electrons. The molecule has 20 heavy (non-hydrogen) atoms. The molecule has 0 fully saturated rings. The summed E-state index contributed by atoms with van der Waals surface area (Å²) in [5.74, 6) is -0.0573. The SMILES string of the molecule is CC(NC(=O)Nc1cccc2ccccc12)/C(N)=N/O. The lowest BCUT2D eigenvalue weighted by Gasteiger charge is -2.14. The highest BCUT2D eigenvalue weighted by atomic mass is 16.4. The van der Waals surface area contributed by atoms with Crippen molar-refractivity contribution in [1.29, 1.82) is 0 Å². The van der Waals surface area contributed by atoms with E-state index in [-0.39, 0.29) is 5.84 Å². The number of amides is 2. The number of urea groups is 1. The van der Waals surface area contributed by atoms with Crippen molar-refractivity contribution in [2.24, 2.45) is 10.9 Å². The Bertz CT molecular complexity index is 649. The zero-order valence-corrected chi connectivity index (χ0v) is 11.0. The minimum atomic E-state index is -0.560. The third-order valence-electron chi connectivity index (χ3n) is 2.94. The maximum atomic E-state index is 11.9. The van der Waals surface area contributed by atoms with Gasteiger partial charge in [-0.05, 0) is 18.4 Å². The normalized spacial score (nSPS) is 12.9. The number of nitrogens with one attached hydrogen (secondary N) is 2. The molecule has 0 heterocycles. The number of carbonyl (C=O) groups excluding carboxylic acids is 1. The van der Waals surface area contributed by atoms with Gasteiger partial charge >= 0.3 is 6.03 Å². The van der Waals surface area contributed by atoms with E-state index in [1.54, 1.807) is 6.92 Å². The highest BCUT2D eigenvalue weighted by Crippen LogP contribution is 2.22. The summed E-state index contributed by atoms with van der Waals surface area (Å²) in [5, 5.41) is 18.7. The molecule has 1 unspecified atom stereocenters. The van der Waals surface area contributed by atoms with Crippen LogP contribution in [0.1, 0.15) is 6.92 Å². The molecule has 0 aliphatic rings. The molecular formula is C14H16N4O2. The van der Waals surface area contributed by atoms with Crippen molar-refractivity contribution < 1.29 is 10.0 Å². The number of fused-ring (bicyclic) bond motifs is 1. The summed E-state index contributed by atoms with van der Waals surface area (Å²) < 4.78 is 0. The summed E-state index contributed by atoms with van der Waals surface area (Å²) in [6.45, 7) is 1.62. The monoisotopic (exact) mass is 272 g/mol. The number of hydrogen-bond donors (Lipinski definition) is 4. The largest absolute Gasteiger partial charge is 0.409 e. The molecular weight excluding hydrogens is 256 g/mol. The number of amidine groups is 1. The highest BCUT2D eigenvalue weighted by Gasteiger charge is 2.12. The Morgan fingerprint density at radius 3 is 2.70 bits per heavy atom. The van der Waals surface area contributed by atoms with Crippen molar-refractivity contribution in [2.45, 2.75) is 13.0 Å². The van der Waals surface area contributed by atoms with Gasteiger partial charge in [0.15, 0.2) is 5.84 Å². The summed E-state index contributed by atoms with van der Waals surface area (Å²) in [6.07, 6.45) is 0. The fraction of sp³-hybridized carbons (Fsp3) is 0.143. The molecule has 0 aliphatic heterocycles. The van der Waals surface area contributed by atoms with Crippen molar-refractivity contribution in [3.8, 4) is 0 Å². The Labute approximate surface area is 116 Å². The van der Waals surface area contributed by atoms with Crippen LogP contribution in [0.3, 0.4) is 0 Å². The smallest absolute Gasteiger partial charge is 0.319 e. The topological polar surface area (TPSA) is 99.7 Å². The van der Waals surface area contributed by atoms with Crippen LogP contribution in [-0.2, 0) is 0 Å². The lowest BCUT2D eigenvalue weighted by atomic mass is 10.1. The molecule has 2 aromatic carbocycles. The van der Waals surface area contributed by atoms with Crippen molar-refractivity contribution in [3.63, 3.8) is 0 Å². The van der Waals surface area contributed by atoms with Crippen molar-refractivity contribution in [2.75, 3.05) is 5.32 Å². The van der Waals surface area contributed by atoms with Crippen LogP contribution >= 0.6 is 0 Å². The van der Waals surface area contributed by atoms with Crippen LogP contribution in [0.4, 0.5) is 10.5 Å².